The van der Waals surface area contributed by atoms with Crippen LogP contribution in [0.15, 0.2) is 58.2 Å². The van der Waals surface area contributed by atoms with Crippen molar-refractivity contribution in [2.45, 2.75) is 24.8 Å². The Balaban J connectivity index is 1.76. The molecule has 4 rings (SSSR count). The second kappa shape index (κ2) is 8.31. The molecule has 2 heterocycles. The van der Waals surface area contributed by atoms with Crippen LogP contribution in [0.1, 0.15) is 18.1 Å². The zero-order valence-corrected chi connectivity index (χ0v) is 18.1. The van der Waals surface area contributed by atoms with Crippen LogP contribution in [-0.2, 0) is 23.0 Å². The highest BCUT2D eigenvalue weighted by molar-refractivity contribution is 7.93. The molecule has 0 aliphatic heterocycles. The fourth-order valence-electron chi connectivity index (χ4n) is 3.50. The Bertz CT molecular complexity index is 1290. The molecule has 4 aromatic rings. The quantitative estimate of drug-likeness (QED) is 0.445. The molecule has 0 bridgehead atoms. The molecule has 0 saturated heterocycles. The number of nitrogens with zero attached hydrogens (tertiary/aromatic N) is 3. The Kier molecular flexibility index (Phi) is 5.55. The summed E-state index contributed by atoms with van der Waals surface area (Å²) in [6.45, 7) is 2.55. The maximum Gasteiger partial charge on any atom is 0.270 e. The number of nitrogens with one attached hydrogen (secondary N) is 1. The minimum atomic E-state index is -4.07. The SMILES string of the molecule is CCc1cc(Cn2cccn2)cc2onc(NS(=O)(=O)c3c(OC)cccc3OC)c12. The molecule has 0 atom stereocenters. The number of hydrogen-bond acceptors (Lipinski definition) is 7. The molecule has 1 N–H and O–H groups in total. The predicted molar refractivity (Wildman–Crippen MR) is 115 cm³/mol. The van der Waals surface area contributed by atoms with Crippen LogP contribution in [0.2, 0.25) is 0 Å². The van der Waals surface area contributed by atoms with Crippen LogP contribution in [0.25, 0.3) is 11.0 Å². The lowest BCUT2D eigenvalue weighted by molar-refractivity contribution is 0.373. The van der Waals surface area contributed by atoms with Crippen molar-refractivity contribution in [1.29, 1.82) is 0 Å². The average molecular weight is 442 g/mol. The van der Waals surface area contributed by atoms with Gasteiger partial charge in [0.15, 0.2) is 16.3 Å². The van der Waals surface area contributed by atoms with E-state index in [-0.39, 0.29) is 22.2 Å². The van der Waals surface area contributed by atoms with E-state index >= 15 is 0 Å². The van der Waals surface area contributed by atoms with Gasteiger partial charge < -0.3 is 14.0 Å². The molecule has 162 valence electrons. The Labute approximate surface area is 179 Å². The zero-order chi connectivity index (χ0) is 22.0. The molecule has 2 aromatic heterocycles. The summed E-state index contributed by atoms with van der Waals surface area (Å²) in [4.78, 5) is -0.107. The van der Waals surface area contributed by atoms with Gasteiger partial charge in [-0.1, -0.05) is 24.2 Å². The number of ether oxygens (including phenoxy) is 2. The first-order valence-electron chi connectivity index (χ1n) is 9.59. The van der Waals surface area contributed by atoms with Crippen LogP contribution >= 0.6 is 0 Å². The van der Waals surface area contributed by atoms with E-state index in [1.165, 1.54) is 14.2 Å². The van der Waals surface area contributed by atoms with Gasteiger partial charge in [-0.3, -0.25) is 9.40 Å². The average Bonchev–Trinajstić information content (AvgIpc) is 3.42. The van der Waals surface area contributed by atoms with E-state index in [4.69, 9.17) is 14.0 Å². The van der Waals surface area contributed by atoms with Crippen LogP contribution in [-0.4, -0.2) is 37.6 Å². The molecule has 0 unspecified atom stereocenters. The number of fused-ring (bicyclic) bond motifs is 1. The summed E-state index contributed by atoms with van der Waals surface area (Å²) in [7, 11) is -1.28. The largest absolute Gasteiger partial charge is 0.495 e. The highest BCUT2D eigenvalue weighted by atomic mass is 32.2. The summed E-state index contributed by atoms with van der Waals surface area (Å²) < 4.78 is 46.7. The van der Waals surface area contributed by atoms with E-state index < -0.39 is 10.0 Å². The first-order chi connectivity index (χ1) is 15.0. The van der Waals surface area contributed by atoms with Gasteiger partial charge in [-0.05, 0) is 41.8 Å². The zero-order valence-electron chi connectivity index (χ0n) is 17.3. The van der Waals surface area contributed by atoms with Crippen molar-refractivity contribution in [2.24, 2.45) is 0 Å². The Morgan fingerprint density at radius 3 is 2.48 bits per heavy atom. The molecular formula is C21H22N4O5S. The molecule has 31 heavy (non-hydrogen) atoms. The lowest BCUT2D eigenvalue weighted by Gasteiger charge is -2.14. The molecule has 0 radical (unpaired) electrons. The summed E-state index contributed by atoms with van der Waals surface area (Å²) in [6.07, 6.45) is 4.25. The summed E-state index contributed by atoms with van der Waals surface area (Å²) >= 11 is 0. The molecule has 0 aliphatic rings. The Morgan fingerprint density at radius 1 is 1.13 bits per heavy atom. The summed E-state index contributed by atoms with van der Waals surface area (Å²) in [6, 6.07) is 10.5. The van der Waals surface area contributed by atoms with Gasteiger partial charge >= 0.3 is 0 Å². The van der Waals surface area contributed by atoms with Crippen molar-refractivity contribution in [3.05, 3.63) is 59.9 Å². The number of rotatable bonds is 8. The van der Waals surface area contributed by atoms with E-state index in [0.29, 0.717) is 23.9 Å². The molecule has 10 heteroatoms. The Hall–Kier alpha value is -3.53. The third-order valence-corrected chi connectivity index (χ3v) is 6.28. The summed E-state index contributed by atoms with van der Waals surface area (Å²) in [5.74, 6) is 0.444. The van der Waals surface area contributed by atoms with E-state index in [1.54, 1.807) is 29.1 Å². The first kappa shape index (κ1) is 20.7. The second-order valence-electron chi connectivity index (χ2n) is 6.81. The third-order valence-electron chi connectivity index (χ3n) is 4.88. The summed E-state index contributed by atoms with van der Waals surface area (Å²) in [5.41, 5.74) is 2.38. The highest BCUT2D eigenvalue weighted by Gasteiger charge is 2.27. The van der Waals surface area contributed by atoms with Crippen molar-refractivity contribution < 1.29 is 22.4 Å². The van der Waals surface area contributed by atoms with E-state index in [9.17, 15) is 8.42 Å². The number of benzene rings is 2. The first-order valence-corrected chi connectivity index (χ1v) is 11.1. The predicted octanol–water partition coefficient (Wildman–Crippen LogP) is 3.45. The van der Waals surface area contributed by atoms with Gasteiger partial charge in [0.05, 0.1) is 26.2 Å². The summed E-state index contributed by atoms with van der Waals surface area (Å²) in [5, 5.41) is 8.83. The van der Waals surface area contributed by atoms with Crippen LogP contribution in [0, 0.1) is 0 Å². The van der Waals surface area contributed by atoms with Crippen molar-refractivity contribution in [1.82, 2.24) is 14.9 Å². The number of methoxy groups -OCH3 is 2. The van der Waals surface area contributed by atoms with E-state index in [2.05, 4.69) is 15.0 Å². The number of aryl methyl sites for hydroxylation is 1. The van der Waals surface area contributed by atoms with Gasteiger partial charge in [0.1, 0.15) is 11.5 Å². The highest BCUT2D eigenvalue weighted by Crippen LogP contribution is 2.36. The number of aromatic nitrogens is 3. The van der Waals surface area contributed by atoms with Crippen LogP contribution < -0.4 is 14.2 Å². The fourth-order valence-corrected chi connectivity index (χ4v) is 4.83. The lowest BCUT2D eigenvalue weighted by atomic mass is 10.0. The second-order valence-corrected chi connectivity index (χ2v) is 8.43. The number of anilines is 1. The minimum Gasteiger partial charge on any atom is -0.495 e. The monoisotopic (exact) mass is 442 g/mol. The standard InChI is InChI=1S/C21H22N4O5S/c1-4-15-11-14(13-25-10-6-9-22-25)12-18-19(15)21(23-30-18)24-31(26,27)20-16(28-2)7-5-8-17(20)29-3/h5-12H,4,13H2,1-3H3,(H,23,24). The number of sulfonamides is 1. The fraction of sp³-hybridized carbons (Fsp3) is 0.238. The lowest BCUT2D eigenvalue weighted by Crippen LogP contribution is -2.16. The van der Waals surface area contributed by atoms with Crippen LogP contribution in [0.4, 0.5) is 5.82 Å². The number of hydrogen-bond donors (Lipinski definition) is 1. The van der Waals surface area contributed by atoms with Gasteiger partial charge in [0.25, 0.3) is 10.0 Å². The van der Waals surface area contributed by atoms with Crippen molar-refractivity contribution in [3.8, 4) is 11.5 Å². The van der Waals surface area contributed by atoms with Crippen molar-refractivity contribution >= 4 is 26.8 Å². The molecule has 0 amide bonds. The topological polar surface area (TPSA) is 108 Å². The maximum absolute atomic E-state index is 13.2. The van der Waals surface area contributed by atoms with Crippen molar-refractivity contribution in [2.75, 3.05) is 18.9 Å². The molecule has 9 nitrogen and oxygen atoms in total. The maximum atomic E-state index is 13.2. The third kappa shape index (κ3) is 3.93. The normalized spacial score (nSPS) is 11.6. The smallest absolute Gasteiger partial charge is 0.270 e. The molecule has 2 aromatic carbocycles. The Morgan fingerprint density at radius 2 is 1.87 bits per heavy atom. The molecule has 0 fully saturated rings. The van der Waals surface area contributed by atoms with Crippen LogP contribution in [0.5, 0.6) is 11.5 Å². The molecule has 0 saturated carbocycles. The molecule has 0 aliphatic carbocycles. The van der Waals surface area contributed by atoms with E-state index in [1.807, 2.05) is 31.3 Å². The van der Waals surface area contributed by atoms with Gasteiger partial charge in [-0.25, -0.2) is 8.42 Å². The van der Waals surface area contributed by atoms with Gasteiger partial charge in [-0.2, -0.15) is 5.10 Å². The van der Waals surface area contributed by atoms with Crippen LogP contribution in [0.3, 0.4) is 0 Å². The molecule has 0 spiro atoms. The minimum absolute atomic E-state index is 0.107. The molecular weight excluding hydrogens is 420 g/mol. The van der Waals surface area contributed by atoms with Gasteiger partial charge in [-0.15, -0.1) is 0 Å². The van der Waals surface area contributed by atoms with Gasteiger partial charge in [0.2, 0.25) is 0 Å². The van der Waals surface area contributed by atoms with E-state index in [0.717, 1.165) is 11.1 Å². The van der Waals surface area contributed by atoms with Crippen molar-refractivity contribution in [3.63, 3.8) is 0 Å². The van der Waals surface area contributed by atoms with Gasteiger partial charge in [0, 0.05) is 12.4 Å².